The monoisotopic (exact) mass is 403 g/mol. The largest absolute Gasteiger partial charge is 0.366 e. The molecule has 1 N–H and O–H groups in total. The first-order chi connectivity index (χ1) is 14.6. The number of likely N-dealkylation sites (tertiary alicyclic amines) is 1. The number of hydrogen-bond donors (Lipinski definition) is 1. The second-order valence-electron chi connectivity index (χ2n) is 7.80. The third-order valence-electron chi connectivity index (χ3n) is 5.98. The van der Waals surface area contributed by atoms with E-state index < -0.39 is 0 Å². The zero-order chi connectivity index (χ0) is 20.7. The number of para-hydroxylation sites is 1. The van der Waals surface area contributed by atoms with Crippen LogP contribution in [0.25, 0.3) is 16.5 Å². The van der Waals surface area contributed by atoms with Gasteiger partial charge in [-0.05, 0) is 48.6 Å². The number of nitrogens with zero attached hydrogens (tertiary/aromatic N) is 2. The molecule has 0 unspecified atom stereocenters. The number of carbonyl (C=O) groups excluding carboxylic acids is 2. The number of halogens is 1. The minimum absolute atomic E-state index is 0.249. The number of nitrogens with one attached hydrogen (secondary N) is 1. The van der Waals surface area contributed by atoms with Crippen molar-refractivity contribution in [3.63, 3.8) is 0 Å². The van der Waals surface area contributed by atoms with E-state index in [1.54, 1.807) is 12.1 Å². The van der Waals surface area contributed by atoms with Crippen molar-refractivity contribution in [1.29, 1.82) is 0 Å². The third-order valence-corrected chi connectivity index (χ3v) is 5.98. The van der Waals surface area contributed by atoms with Crippen LogP contribution in [-0.2, 0) is 16.0 Å². The van der Waals surface area contributed by atoms with Crippen LogP contribution in [0.4, 0.5) is 4.39 Å². The number of carbonyl (C=O) groups is 2. The van der Waals surface area contributed by atoms with Gasteiger partial charge in [-0.15, -0.1) is 0 Å². The topological polar surface area (TPSA) is 56.4 Å². The van der Waals surface area contributed by atoms with Gasteiger partial charge in [0.05, 0.1) is 5.57 Å². The Hall–Kier alpha value is -3.41. The van der Waals surface area contributed by atoms with Crippen molar-refractivity contribution in [2.24, 2.45) is 0 Å². The van der Waals surface area contributed by atoms with Crippen LogP contribution in [0.3, 0.4) is 0 Å². The Morgan fingerprint density at radius 3 is 2.43 bits per heavy atom. The van der Waals surface area contributed by atoms with Gasteiger partial charge in [0.25, 0.3) is 11.8 Å². The molecular formula is C24H22FN3O2. The first-order valence-electron chi connectivity index (χ1n) is 10.3. The minimum Gasteiger partial charge on any atom is -0.366 e. The van der Waals surface area contributed by atoms with Gasteiger partial charge in [-0.1, -0.05) is 30.3 Å². The summed E-state index contributed by atoms with van der Waals surface area (Å²) in [6.07, 6.45) is 4.50. The molecule has 2 aliphatic heterocycles. The number of rotatable bonds is 5. The summed E-state index contributed by atoms with van der Waals surface area (Å²) in [4.78, 5) is 33.2. The van der Waals surface area contributed by atoms with E-state index in [1.165, 1.54) is 17.0 Å². The summed E-state index contributed by atoms with van der Waals surface area (Å²) in [5, 5.41) is 1.10. The molecule has 2 aromatic carbocycles. The smallest absolute Gasteiger partial charge is 0.277 e. The van der Waals surface area contributed by atoms with E-state index in [9.17, 15) is 14.0 Å². The molecule has 2 amide bonds. The lowest BCUT2D eigenvalue weighted by Gasteiger charge is -2.20. The van der Waals surface area contributed by atoms with Crippen LogP contribution in [0, 0.1) is 5.82 Å². The van der Waals surface area contributed by atoms with E-state index in [0.29, 0.717) is 29.8 Å². The number of amides is 2. The summed E-state index contributed by atoms with van der Waals surface area (Å²) in [6, 6.07) is 13.8. The molecule has 30 heavy (non-hydrogen) atoms. The molecule has 152 valence electrons. The van der Waals surface area contributed by atoms with Crippen molar-refractivity contribution in [3.05, 3.63) is 77.4 Å². The first-order valence-corrected chi connectivity index (χ1v) is 10.3. The molecule has 0 bridgehead atoms. The Morgan fingerprint density at radius 2 is 1.67 bits per heavy atom. The molecule has 3 heterocycles. The Labute approximate surface area is 173 Å². The second kappa shape index (κ2) is 7.44. The van der Waals surface area contributed by atoms with Gasteiger partial charge in [-0.25, -0.2) is 4.39 Å². The van der Waals surface area contributed by atoms with Crippen molar-refractivity contribution in [1.82, 2.24) is 14.8 Å². The van der Waals surface area contributed by atoms with Crippen molar-refractivity contribution in [3.8, 4) is 0 Å². The maximum atomic E-state index is 13.4. The average Bonchev–Trinajstić information content (AvgIpc) is 3.47. The van der Waals surface area contributed by atoms with Crippen LogP contribution in [0.2, 0.25) is 0 Å². The van der Waals surface area contributed by atoms with E-state index in [2.05, 4.69) is 4.98 Å². The fraction of sp³-hybridized carbons (Fsp3) is 0.250. The molecule has 1 fully saturated rings. The summed E-state index contributed by atoms with van der Waals surface area (Å²) in [5.41, 5.74) is 3.55. The second-order valence-corrected chi connectivity index (χ2v) is 7.80. The van der Waals surface area contributed by atoms with Gasteiger partial charge in [-0.3, -0.25) is 14.5 Å². The Balaban J connectivity index is 1.45. The van der Waals surface area contributed by atoms with Gasteiger partial charge in [-0.2, -0.15) is 0 Å². The predicted molar refractivity (Wildman–Crippen MR) is 113 cm³/mol. The highest BCUT2D eigenvalue weighted by molar-refractivity contribution is 6.35. The lowest BCUT2D eigenvalue weighted by atomic mass is 10.0. The predicted octanol–water partition coefficient (Wildman–Crippen LogP) is 3.73. The molecule has 5 nitrogen and oxygen atoms in total. The summed E-state index contributed by atoms with van der Waals surface area (Å²) >= 11 is 0. The van der Waals surface area contributed by atoms with Gasteiger partial charge < -0.3 is 9.88 Å². The van der Waals surface area contributed by atoms with E-state index in [4.69, 9.17) is 0 Å². The maximum absolute atomic E-state index is 13.4. The highest BCUT2D eigenvalue weighted by Gasteiger charge is 2.41. The Bertz CT molecular complexity index is 1160. The van der Waals surface area contributed by atoms with Gasteiger partial charge in [0.2, 0.25) is 0 Å². The highest BCUT2D eigenvalue weighted by atomic mass is 19.1. The molecule has 0 aliphatic carbocycles. The number of aromatic nitrogens is 1. The summed E-state index contributed by atoms with van der Waals surface area (Å²) in [5.74, 6) is -0.913. The van der Waals surface area contributed by atoms with Crippen molar-refractivity contribution in [2.45, 2.75) is 19.3 Å². The number of fused-ring (bicyclic) bond motifs is 1. The van der Waals surface area contributed by atoms with Crippen molar-refractivity contribution >= 4 is 28.3 Å². The average molecular weight is 403 g/mol. The van der Waals surface area contributed by atoms with E-state index in [0.717, 1.165) is 42.4 Å². The molecule has 6 heteroatoms. The quantitative estimate of drug-likeness (QED) is 0.661. The number of hydrogen-bond acceptors (Lipinski definition) is 3. The molecule has 5 rings (SSSR count). The lowest BCUT2D eigenvalue weighted by Crippen LogP contribution is -2.36. The van der Waals surface area contributed by atoms with E-state index >= 15 is 0 Å². The zero-order valence-electron chi connectivity index (χ0n) is 16.5. The number of H-pyrrole nitrogens is 1. The molecule has 0 radical (unpaired) electrons. The number of imide groups is 1. The van der Waals surface area contributed by atoms with Gasteiger partial charge in [0.15, 0.2) is 0 Å². The fourth-order valence-electron chi connectivity index (χ4n) is 4.45. The summed E-state index contributed by atoms with van der Waals surface area (Å²) in [7, 11) is 0. The van der Waals surface area contributed by atoms with Crippen LogP contribution < -0.4 is 0 Å². The Kier molecular flexibility index (Phi) is 4.62. The SMILES string of the molecule is O=C1C(c2ccc(F)cc2)=C(N2CCCC2)C(=O)N1CCc1c[nH]c2ccccc12. The molecule has 0 saturated carbocycles. The van der Waals surface area contributed by atoms with Gasteiger partial charge in [0.1, 0.15) is 11.5 Å². The van der Waals surface area contributed by atoms with Gasteiger partial charge >= 0.3 is 0 Å². The van der Waals surface area contributed by atoms with E-state index in [1.807, 2.05) is 35.4 Å². The first kappa shape index (κ1) is 18.6. The van der Waals surface area contributed by atoms with Crippen LogP contribution in [0.1, 0.15) is 24.0 Å². The third kappa shape index (κ3) is 3.09. The molecule has 3 aromatic rings. The van der Waals surface area contributed by atoms with Crippen molar-refractivity contribution < 1.29 is 14.0 Å². The van der Waals surface area contributed by atoms with E-state index in [-0.39, 0.29) is 17.6 Å². The Morgan fingerprint density at radius 1 is 0.933 bits per heavy atom. The molecule has 1 aromatic heterocycles. The molecule has 0 spiro atoms. The molecular weight excluding hydrogens is 381 g/mol. The number of aromatic amines is 1. The normalized spacial score (nSPS) is 17.1. The molecule has 1 saturated heterocycles. The fourth-order valence-corrected chi connectivity index (χ4v) is 4.45. The molecule has 2 aliphatic rings. The van der Waals surface area contributed by atoms with Gasteiger partial charge in [0, 0.05) is 36.7 Å². The van der Waals surface area contributed by atoms with Crippen LogP contribution in [-0.4, -0.2) is 46.2 Å². The highest BCUT2D eigenvalue weighted by Crippen LogP contribution is 2.33. The summed E-state index contributed by atoms with van der Waals surface area (Å²) < 4.78 is 13.4. The van der Waals surface area contributed by atoms with Crippen LogP contribution in [0.15, 0.2) is 60.4 Å². The summed E-state index contributed by atoms with van der Waals surface area (Å²) in [6.45, 7) is 1.83. The zero-order valence-corrected chi connectivity index (χ0v) is 16.5. The standard InChI is InChI=1S/C24H22FN3O2/c25-18-9-7-16(8-10-18)21-22(27-12-3-4-13-27)24(30)28(23(21)29)14-11-17-15-26-20-6-2-1-5-19(17)20/h1-2,5-10,15,26H,3-4,11-14H2. The maximum Gasteiger partial charge on any atom is 0.277 e. The number of benzene rings is 2. The minimum atomic E-state index is -0.366. The van der Waals surface area contributed by atoms with Crippen molar-refractivity contribution in [2.75, 3.05) is 19.6 Å². The lowest BCUT2D eigenvalue weighted by molar-refractivity contribution is -0.137. The van der Waals surface area contributed by atoms with Crippen LogP contribution in [0.5, 0.6) is 0 Å². The molecule has 0 atom stereocenters. The van der Waals surface area contributed by atoms with Crippen LogP contribution >= 0.6 is 0 Å².